The highest BCUT2D eigenvalue weighted by molar-refractivity contribution is 7.46. The lowest BCUT2D eigenvalue weighted by molar-refractivity contribution is -0.0944. The Morgan fingerprint density at radius 2 is 1.27 bits per heavy atom. The fourth-order valence-corrected chi connectivity index (χ4v) is 2.87. The summed E-state index contributed by atoms with van der Waals surface area (Å²) in [5, 5.41) is 0. The fourth-order valence-electron chi connectivity index (χ4n) is 2.36. The molecule has 22 heavy (non-hydrogen) atoms. The number of unbranched alkanes of at least 4 members (excludes halogenated alkanes) is 10. The summed E-state index contributed by atoms with van der Waals surface area (Å²) in [4.78, 5) is 17.4. The highest BCUT2D eigenvalue weighted by Gasteiger charge is 2.21. The minimum atomic E-state index is -4.45. The number of ether oxygens (including phenoxy) is 1. The van der Waals surface area contributed by atoms with Crippen molar-refractivity contribution in [3.63, 3.8) is 0 Å². The molecule has 2 N–H and O–H groups in total. The molecule has 1 unspecified atom stereocenters. The van der Waals surface area contributed by atoms with Crippen LogP contribution >= 0.6 is 7.82 Å². The van der Waals surface area contributed by atoms with Crippen LogP contribution in [0.4, 0.5) is 0 Å². The lowest BCUT2D eigenvalue weighted by atomic mass is 10.1. The van der Waals surface area contributed by atoms with Crippen LogP contribution in [0.25, 0.3) is 0 Å². The molecule has 0 aromatic rings. The Morgan fingerprint density at radius 3 is 1.68 bits per heavy atom. The van der Waals surface area contributed by atoms with Crippen LogP contribution in [0.1, 0.15) is 90.9 Å². The predicted molar refractivity (Wildman–Crippen MR) is 89.6 cm³/mol. The van der Waals surface area contributed by atoms with Crippen molar-refractivity contribution in [1.29, 1.82) is 0 Å². The molecule has 0 bridgehead atoms. The molecule has 0 aliphatic carbocycles. The molecule has 0 fully saturated rings. The van der Waals surface area contributed by atoms with Crippen LogP contribution < -0.4 is 0 Å². The summed E-state index contributed by atoms with van der Waals surface area (Å²) >= 11 is 0. The van der Waals surface area contributed by atoms with Gasteiger partial charge >= 0.3 is 7.82 Å². The van der Waals surface area contributed by atoms with Gasteiger partial charge in [0.2, 0.25) is 0 Å². The molecule has 0 aromatic heterocycles. The van der Waals surface area contributed by atoms with Gasteiger partial charge in [-0.3, -0.25) is 4.52 Å². The van der Waals surface area contributed by atoms with Crippen LogP contribution in [0.5, 0.6) is 0 Å². The Bertz CT molecular complexity index is 280. The highest BCUT2D eigenvalue weighted by Crippen LogP contribution is 2.38. The van der Waals surface area contributed by atoms with E-state index in [0.717, 1.165) is 12.8 Å². The topological polar surface area (TPSA) is 76.0 Å². The van der Waals surface area contributed by atoms with Crippen molar-refractivity contribution >= 4 is 7.82 Å². The van der Waals surface area contributed by atoms with Crippen molar-refractivity contribution in [2.24, 2.45) is 0 Å². The van der Waals surface area contributed by atoms with E-state index in [9.17, 15) is 4.57 Å². The van der Waals surface area contributed by atoms with Gasteiger partial charge in [-0.15, -0.1) is 0 Å². The Labute approximate surface area is 136 Å². The molecular formula is C16H35O5P. The zero-order valence-corrected chi connectivity index (χ0v) is 15.2. The maximum atomic E-state index is 10.7. The standard InChI is InChI=1S/C16H35O5P/c1-3-5-6-7-8-9-10-11-12-13-14-15-20-16(4-2)21-22(17,18)19/h16H,3-15H2,1-2H3,(H2,17,18,19). The first-order valence-corrected chi connectivity index (χ1v) is 10.4. The molecule has 0 amide bonds. The largest absolute Gasteiger partial charge is 0.471 e. The van der Waals surface area contributed by atoms with Crippen molar-refractivity contribution in [1.82, 2.24) is 0 Å². The summed E-state index contributed by atoms with van der Waals surface area (Å²) in [6.45, 7) is 4.52. The molecule has 0 saturated carbocycles. The van der Waals surface area contributed by atoms with Crippen LogP contribution in [0.15, 0.2) is 0 Å². The molecule has 0 radical (unpaired) electrons. The van der Waals surface area contributed by atoms with Gasteiger partial charge in [-0.1, -0.05) is 78.1 Å². The van der Waals surface area contributed by atoms with Gasteiger partial charge in [-0.25, -0.2) is 4.57 Å². The number of phosphoric ester groups is 1. The smallest absolute Gasteiger partial charge is 0.352 e. The third kappa shape index (κ3) is 16.4. The summed E-state index contributed by atoms with van der Waals surface area (Å²) in [5.74, 6) is 0. The number of phosphoric acid groups is 1. The van der Waals surface area contributed by atoms with E-state index in [1.807, 2.05) is 0 Å². The van der Waals surface area contributed by atoms with E-state index >= 15 is 0 Å². The Kier molecular flexibility index (Phi) is 14.7. The first kappa shape index (κ1) is 22.1. The van der Waals surface area contributed by atoms with Crippen molar-refractivity contribution in [2.75, 3.05) is 6.61 Å². The van der Waals surface area contributed by atoms with Crippen molar-refractivity contribution in [3.05, 3.63) is 0 Å². The summed E-state index contributed by atoms with van der Waals surface area (Å²) in [7, 11) is -4.45. The zero-order valence-electron chi connectivity index (χ0n) is 14.3. The molecule has 0 aliphatic rings. The van der Waals surface area contributed by atoms with E-state index in [-0.39, 0.29) is 0 Å². The zero-order chi connectivity index (χ0) is 16.7. The summed E-state index contributed by atoms with van der Waals surface area (Å²) in [5.41, 5.74) is 0. The lowest BCUT2D eigenvalue weighted by Crippen LogP contribution is -2.15. The number of hydrogen-bond donors (Lipinski definition) is 2. The Hall–Kier alpha value is 0.0700. The molecule has 0 aromatic carbocycles. The van der Waals surface area contributed by atoms with Crippen LogP contribution in [0.3, 0.4) is 0 Å². The third-order valence-electron chi connectivity index (χ3n) is 3.64. The second-order valence-electron chi connectivity index (χ2n) is 5.84. The van der Waals surface area contributed by atoms with E-state index in [4.69, 9.17) is 14.5 Å². The second-order valence-corrected chi connectivity index (χ2v) is 7.03. The Morgan fingerprint density at radius 1 is 0.818 bits per heavy atom. The maximum Gasteiger partial charge on any atom is 0.471 e. The third-order valence-corrected chi connectivity index (χ3v) is 4.15. The van der Waals surface area contributed by atoms with E-state index in [1.165, 1.54) is 57.8 Å². The fraction of sp³-hybridized carbons (Fsp3) is 1.00. The van der Waals surface area contributed by atoms with Crippen LogP contribution in [-0.4, -0.2) is 22.7 Å². The molecule has 0 saturated heterocycles. The van der Waals surface area contributed by atoms with Crippen molar-refractivity contribution in [3.8, 4) is 0 Å². The molecule has 134 valence electrons. The van der Waals surface area contributed by atoms with Gasteiger partial charge in [0.1, 0.15) is 0 Å². The predicted octanol–water partition coefficient (Wildman–Crippen LogP) is 5.16. The first-order chi connectivity index (χ1) is 10.5. The summed E-state index contributed by atoms with van der Waals surface area (Å²) < 4.78 is 20.6. The minimum absolute atomic E-state index is 0.434. The average molecular weight is 338 g/mol. The summed E-state index contributed by atoms with van der Waals surface area (Å²) in [6.07, 6.45) is 13.6. The molecule has 1 atom stereocenters. The van der Waals surface area contributed by atoms with Crippen molar-refractivity contribution < 1.29 is 23.6 Å². The van der Waals surface area contributed by atoms with Gasteiger partial charge in [0, 0.05) is 6.61 Å². The highest BCUT2D eigenvalue weighted by atomic mass is 31.2. The minimum Gasteiger partial charge on any atom is -0.352 e. The van der Waals surface area contributed by atoms with Gasteiger partial charge in [0.15, 0.2) is 6.29 Å². The lowest BCUT2D eigenvalue weighted by Gasteiger charge is -2.16. The molecule has 5 nitrogen and oxygen atoms in total. The van der Waals surface area contributed by atoms with Gasteiger partial charge < -0.3 is 14.5 Å². The maximum absolute atomic E-state index is 10.7. The van der Waals surface area contributed by atoms with E-state index in [2.05, 4.69) is 11.4 Å². The molecule has 0 rings (SSSR count). The summed E-state index contributed by atoms with van der Waals surface area (Å²) in [6, 6.07) is 0. The molecular weight excluding hydrogens is 303 g/mol. The normalized spacial score (nSPS) is 13.5. The van der Waals surface area contributed by atoms with E-state index < -0.39 is 14.1 Å². The second kappa shape index (κ2) is 14.6. The van der Waals surface area contributed by atoms with Crippen LogP contribution in [-0.2, 0) is 13.8 Å². The van der Waals surface area contributed by atoms with Gasteiger partial charge in [0.05, 0.1) is 0 Å². The molecule has 6 heteroatoms. The van der Waals surface area contributed by atoms with Crippen molar-refractivity contribution in [2.45, 2.75) is 97.2 Å². The van der Waals surface area contributed by atoms with Crippen LogP contribution in [0.2, 0.25) is 0 Å². The van der Waals surface area contributed by atoms with E-state index in [0.29, 0.717) is 13.0 Å². The number of hydrogen-bond acceptors (Lipinski definition) is 3. The van der Waals surface area contributed by atoms with Gasteiger partial charge in [-0.2, -0.15) is 0 Å². The van der Waals surface area contributed by atoms with Crippen LogP contribution in [0, 0.1) is 0 Å². The Balaban J connectivity index is 3.30. The first-order valence-electron chi connectivity index (χ1n) is 8.85. The molecule has 0 spiro atoms. The van der Waals surface area contributed by atoms with Gasteiger partial charge in [-0.05, 0) is 12.8 Å². The molecule has 0 heterocycles. The SMILES string of the molecule is CCCCCCCCCCCCCOC(CC)OP(=O)(O)O. The van der Waals surface area contributed by atoms with Gasteiger partial charge in [0.25, 0.3) is 0 Å². The van der Waals surface area contributed by atoms with E-state index in [1.54, 1.807) is 6.92 Å². The number of rotatable bonds is 16. The molecule has 0 aliphatic heterocycles. The quantitative estimate of drug-likeness (QED) is 0.231. The monoisotopic (exact) mass is 338 g/mol. The average Bonchev–Trinajstić information content (AvgIpc) is 2.46.